The van der Waals surface area contributed by atoms with Gasteiger partial charge >= 0.3 is 5.97 Å². The van der Waals surface area contributed by atoms with E-state index in [4.69, 9.17) is 4.74 Å². The van der Waals surface area contributed by atoms with Crippen LogP contribution in [0, 0.1) is 19.8 Å². The number of nitrogens with one attached hydrogen (secondary N) is 2. The first-order chi connectivity index (χ1) is 16.2. The number of thiazole rings is 1. The molecule has 0 aliphatic rings. The number of rotatable bonds is 9. The Morgan fingerprint density at radius 2 is 1.68 bits per heavy atom. The van der Waals surface area contributed by atoms with Crippen LogP contribution in [0.2, 0.25) is 0 Å². The molecule has 2 N–H and O–H groups in total. The second kappa shape index (κ2) is 11.6. The molecule has 0 fully saturated rings. The molecule has 1 atom stereocenters. The van der Waals surface area contributed by atoms with Gasteiger partial charge in [-0.15, -0.1) is 11.3 Å². The van der Waals surface area contributed by atoms with Gasteiger partial charge in [-0.05, 0) is 43.0 Å². The molecule has 0 radical (unpaired) electrons. The Morgan fingerprint density at radius 3 is 2.35 bits per heavy atom. The third-order valence-electron chi connectivity index (χ3n) is 5.29. The number of aryl methyl sites for hydroxylation is 2. The average molecular weight is 480 g/mol. The summed E-state index contributed by atoms with van der Waals surface area (Å²) in [6.07, 6.45) is 0.133. The van der Waals surface area contributed by atoms with Crippen LogP contribution in [0.3, 0.4) is 0 Å². The van der Waals surface area contributed by atoms with E-state index >= 15 is 0 Å². The number of aromatic nitrogens is 1. The first-order valence-corrected chi connectivity index (χ1v) is 11.9. The predicted octanol–water partition coefficient (Wildman–Crippen LogP) is 4.44. The first kappa shape index (κ1) is 25.1. The highest BCUT2D eigenvalue weighted by atomic mass is 32.1. The van der Waals surface area contributed by atoms with Crippen LogP contribution >= 0.6 is 11.3 Å². The zero-order valence-corrected chi connectivity index (χ0v) is 20.6. The number of ether oxygens (including phenoxy) is 1. The lowest BCUT2D eigenvalue weighted by molar-refractivity contribution is -0.148. The van der Waals surface area contributed by atoms with E-state index in [0.29, 0.717) is 16.3 Å². The standard InChI is InChI=1S/C26H29N3O4S/c1-16(2)24(29-25(31)20-11-7-5-9-17(20)3)26(32)33-14-19-15-34-23(27-19)13-22(30)28-21-12-8-6-10-18(21)4/h5-12,15-16,24H,13-14H2,1-4H3,(H,28,30)(H,29,31). The molecule has 0 spiro atoms. The van der Waals surface area contributed by atoms with E-state index in [2.05, 4.69) is 15.6 Å². The minimum absolute atomic E-state index is 0.0296. The monoisotopic (exact) mass is 479 g/mol. The summed E-state index contributed by atoms with van der Waals surface area (Å²) in [5.41, 5.74) is 3.67. The van der Waals surface area contributed by atoms with Crippen LogP contribution in [0.15, 0.2) is 53.9 Å². The number of carbonyl (C=O) groups excluding carboxylic acids is 3. The molecular weight excluding hydrogens is 450 g/mol. The van der Waals surface area contributed by atoms with E-state index in [9.17, 15) is 14.4 Å². The van der Waals surface area contributed by atoms with E-state index in [1.54, 1.807) is 17.5 Å². The summed E-state index contributed by atoms with van der Waals surface area (Å²) in [5, 5.41) is 8.06. The van der Waals surface area contributed by atoms with Crippen LogP contribution in [-0.4, -0.2) is 28.8 Å². The van der Waals surface area contributed by atoms with Crippen molar-refractivity contribution in [3.8, 4) is 0 Å². The third kappa shape index (κ3) is 6.74. The zero-order chi connectivity index (χ0) is 24.7. The van der Waals surface area contributed by atoms with Gasteiger partial charge in [0.1, 0.15) is 17.7 Å². The van der Waals surface area contributed by atoms with Crippen LogP contribution in [0.4, 0.5) is 5.69 Å². The number of nitrogens with zero attached hydrogens (tertiary/aromatic N) is 1. The van der Waals surface area contributed by atoms with Gasteiger partial charge in [0, 0.05) is 16.6 Å². The maximum absolute atomic E-state index is 12.7. The molecule has 0 bridgehead atoms. The summed E-state index contributed by atoms with van der Waals surface area (Å²) >= 11 is 1.34. The molecule has 3 rings (SSSR count). The summed E-state index contributed by atoms with van der Waals surface area (Å²) in [4.78, 5) is 42.1. The lowest BCUT2D eigenvalue weighted by Crippen LogP contribution is -2.45. The van der Waals surface area contributed by atoms with Crippen molar-refractivity contribution in [3.05, 3.63) is 81.3 Å². The highest BCUT2D eigenvalue weighted by molar-refractivity contribution is 7.09. The summed E-state index contributed by atoms with van der Waals surface area (Å²) in [5.74, 6) is -1.16. The smallest absolute Gasteiger partial charge is 0.329 e. The summed E-state index contributed by atoms with van der Waals surface area (Å²) < 4.78 is 5.44. The molecule has 1 unspecified atom stereocenters. The van der Waals surface area contributed by atoms with Crippen LogP contribution in [0.5, 0.6) is 0 Å². The molecule has 0 aliphatic heterocycles. The topological polar surface area (TPSA) is 97.4 Å². The lowest BCUT2D eigenvalue weighted by Gasteiger charge is -2.21. The van der Waals surface area contributed by atoms with Crippen molar-refractivity contribution in [2.45, 2.75) is 46.8 Å². The molecule has 1 aromatic heterocycles. The Kier molecular flexibility index (Phi) is 8.54. The van der Waals surface area contributed by atoms with E-state index in [1.165, 1.54) is 11.3 Å². The molecule has 1 heterocycles. The fourth-order valence-electron chi connectivity index (χ4n) is 3.32. The minimum atomic E-state index is -0.787. The largest absolute Gasteiger partial charge is 0.458 e. The molecule has 0 saturated heterocycles. The fraction of sp³-hybridized carbons (Fsp3) is 0.308. The van der Waals surface area contributed by atoms with Gasteiger partial charge in [0.05, 0.1) is 12.1 Å². The fourth-order valence-corrected chi connectivity index (χ4v) is 4.10. The van der Waals surface area contributed by atoms with Crippen molar-refractivity contribution >= 4 is 34.8 Å². The van der Waals surface area contributed by atoms with E-state index in [0.717, 1.165) is 16.8 Å². The van der Waals surface area contributed by atoms with Gasteiger partial charge in [-0.25, -0.2) is 9.78 Å². The van der Waals surface area contributed by atoms with Crippen molar-refractivity contribution in [1.82, 2.24) is 10.3 Å². The average Bonchev–Trinajstić information content (AvgIpc) is 3.24. The Morgan fingerprint density at radius 1 is 1.00 bits per heavy atom. The van der Waals surface area contributed by atoms with E-state index < -0.39 is 12.0 Å². The number of amides is 2. The molecule has 178 valence electrons. The normalized spacial score (nSPS) is 11.7. The maximum Gasteiger partial charge on any atom is 0.329 e. The Balaban J connectivity index is 1.54. The molecule has 3 aromatic rings. The van der Waals surface area contributed by atoms with E-state index in [-0.39, 0.29) is 30.8 Å². The molecule has 0 saturated carbocycles. The van der Waals surface area contributed by atoms with Gasteiger partial charge < -0.3 is 15.4 Å². The van der Waals surface area contributed by atoms with Gasteiger partial charge in [0.25, 0.3) is 5.91 Å². The molecule has 2 aromatic carbocycles. The number of hydrogen-bond donors (Lipinski definition) is 2. The van der Waals surface area contributed by atoms with Crippen LogP contribution in [-0.2, 0) is 27.4 Å². The maximum atomic E-state index is 12.7. The number of esters is 1. The Labute approximate surface area is 203 Å². The highest BCUT2D eigenvalue weighted by Gasteiger charge is 2.27. The summed E-state index contributed by atoms with van der Waals surface area (Å²) in [6, 6.07) is 14.0. The number of hydrogen-bond acceptors (Lipinski definition) is 6. The molecule has 34 heavy (non-hydrogen) atoms. The molecular formula is C26H29N3O4S. The number of benzene rings is 2. The van der Waals surface area contributed by atoms with Gasteiger partial charge in [0.2, 0.25) is 5.91 Å². The minimum Gasteiger partial charge on any atom is -0.458 e. The molecule has 0 aliphatic carbocycles. The number of carbonyl (C=O) groups is 3. The van der Waals surface area contributed by atoms with Crippen molar-refractivity contribution in [2.24, 2.45) is 5.92 Å². The molecule has 7 nitrogen and oxygen atoms in total. The predicted molar refractivity (Wildman–Crippen MR) is 133 cm³/mol. The van der Waals surface area contributed by atoms with Crippen molar-refractivity contribution in [1.29, 1.82) is 0 Å². The summed E-state index contributed by atoms with van der Waals surface area (Å²) in [7, 11) is 0. The first-order valence-electron chi connectivity index (χ1n) is 11.1. The van der Waals surface area contributed by atoms with Gasteiger partial charge in [-0.2, -0.15) is 0 Å². The SMILES string of the molecule is Cc1ccccc1NC(=O)Cc1nc(COC(=O)C(NC(=O)c2ccccc2C)C(C)C)cs1. The van der Waals surface area contributed by atoms with Crippen molar-refractivity contribution in [2.75, 3.05) is 5.32 Å². The highest BCUT2D eigenvalue weighted by Crippen LogP contribution is 2.16. The van der Waals surface area contributed by atoms with Crippen LogP contribution < -0.4 is 10.6 Å². The van der Waals surface area contributed by atoms with Gasteiger partial charge in [0.15, 0.2) is 0 Å². The van der Waals surface area contributed by atoms with Crippen molar-refractivity contribution < 1.29 is 19.1 Å². The lowest BCUT2D eigenvalue weighted by atomic mass is 10.0. The van der Waals surface area contributed by atoms with Crippen LogP contribution in [0.1, 0.15) is 46.0 Å². The molecule has 8 heteroatoms. The zero-order valence-electron chi connectivity index (χ0n) is 19.8. The van der Waals surface area contributed by atoms with Crippen molar-refractivity contribution in [3.63, 3.8) is 0 Å². The second-order valence-corrected chi connectivity index (χ2v) is 9.33. The summed E-state index contributed by atoms with van der Waals surface area (Å²) in [6.45, 7) is 7.44. The number of anilines is 1. The van der Waals surface area contributed by atoms with Gasteiger partial charge in [-0.3, -0.25) is 9.59 Å². The Bertz CT molecular complexity index is 1170. The molecule has 2 amide bonds. The second-order valence-electron chi connectivity index (χ2n) is 8.39. The Hall–Kier alpha value is -3.52. The van der Waals surface area contributed by atoms with E-state index in [1.807, 2.05) is 64.1 Å². The third-order valence-corrected chi connectivity index (χ3v) is 6.19. The quantitative estimate of drug-likeness (QED) is 0.442. The van der Waals surface area contributed by atoms with Gasteiger partial charge in [-0.1, -0.05) is 50.2 Å². The van der Waals surface area contributed by atoms with Crippen LogP contribution in [0.25, 0.3) is 0 Å². The number of para-hydroxylation sites is 1.